The minimum Gasteiger partial charge on any atom is -0.355 e. The van der Waals surface area contributed by atoms with E-state index in [2.05, 4.69) is 5.32 Å². The molecule has 0 heterocycles. The molecule has 0 unspecified atom stereocenters. The average Bonchev–Trinajstić information content (AvgIpc) is 2.34. The zero-order valence-electron chi connectivity index (χ0n) is 11.4. The number of hydrogen-bond donors (Lipinski definition) is 2. The van der Waals surface area contributed by atoms with Crippen molar-refractivity contribution in [2.75, 3.05) is 13.1 Å². The van der Waals surface area contributed by atoms with Crippen LogP contribution in [0.2, 0.25) is 0 Å². The van der Waals surface area contributed by atoms with E-state index in [4.69, 9.17) is 5.73 Å². The van der Waals surface area contributed by atoms with Crippen LogP contribution in [0.4, 0.5) is 4.39 Å². The number of benzene rings is 1. The third-order valence-electron chi connectivity index (χ3n) is 3.03. The Morgan fingerprint density at radius 2 is 1.95 bits per heavy atom. The van der Waals surface area contributed by atoms with Crippen LogP contribution in [0.25, 0.3) is 0 Å². The smallest absolute Gasteiger partial charge is 0.230 e. The number of carbonyl (C=O) groups is 1. The van der Waals surface area contributed by atoms with Gasteiger partial charge in [-0.2, -0.15) is 0 Å². The van der Waals surface area contributed by atoms with Crippen LogP contribution in [-0.4, -0.2) is 19.0 Å². The van der Waals surface area contributed by atoms with E-state index in [9.17, 15) is 9.18 Å². The van der Waals surface area contributed by atoms with Gasteiger partial charge in [0.1, 0.15) is 5.82 Å². The molecule has 0 spiro atoms. The lowest BCUT2D eigenvalue weighted by molar-refractivity contribution is -0.125. The average molecular weight is 289 g/mol. The number of hydrogen-bond acceptors (Lipinski definition) is 2. The molecule has 1 amide bonds. The first-order chi connectivity index (χ1) is 8.50. The Hall–Kier alpha value is -1.13. The summed E-state index contributed by atoms with van der Waals surface area (Å²) < 4.78 is 13.7. The minimum absolute atomic E-state index is 0. The third-order valence-corrected chi connectivity index (χ3v) is 3.03. The van der Waals surface area contributed by atoms with Gasteiger partial charge in [0, 0.05) is 12.1 Å². The fourth-order valence-corrected chi connectivity index (χ4v) is 1.78. The van der Waals surface area contributed by atoms with Crippen molar-refractivity contribution in [1.29, 1.82) is 0 Å². The molecular weight excluding hydrogens is 267 g/mol. The zero-order valence-corrected chi connectivity index (χ0v) is 12.2. The van der Waals surface area contributed by atoms with E-state index in [0.29, 0.717) is 18.7 Å². The Balaban J connectivity index is 0.00000324. The molecule has 3 N–H and O–H groups in total. The Bertz CT molecular complexity index is 410. The lowest BCUT2D eigenvalue weighted by Gasteiger charge is -2.24. The first-order valence-electron chi connectivity index (χ1n) is 6.23. The maximum Gasteiger partial charge on any atom is 0.230 e. The lowest BCUT2D eigenvalue weighted by atomic mass is 9.83. The van der Waals surface area contributed by atoms with E-state index in [-0.39, 0.29) is 24.1 Å². The lowest BCUT2D eigenvalue weighted by Crippen LogP contribution is -2.41. The summed E-state index contributed by atoms with van der Waals surface area (Å²) in [5.41, 5.74) is 4.93. The molecule has 5 heteroatoms. The number of nitrogens with two attached hydrogens (primary N) is 1. The second kappa shape index (κ2) is 8.12. The quantitative estimate of drug-likeness (QED) is 0.790. The van der Waals surface area contributed by atoms with Crippen LogP contribution >= 0.6 is 12.4 Å². The summed E-state index contributed by atoms with van der Waals surface area (Å²) in [6, 6.07) is 6.38. The number of unbranched alkanes of at least 4 members (excludes halogenated alkanes) is 1. The van der Waals surface area contributed by atoms with Crippen molar-refractivity contribution < 1.29 is 9.18 Å². The van der Waals surface area contributed by atoms with Gasteiger partial charge in [0.2, 0.25) is 5.91 Å². The molecule has 3 nitrogen and oxygen atoms in total. The fourth-order valence-electron chi connectivity index (χ4n) is 1.78. The molecule has 0 saturated heterocycles. The molecule has 1 aromatic rings. The van der Waals surface area contributed by atoms with Gasteiger partial charge in [-0.3, -0.25) is 4.79 Å². The van der Waals surface area contributed by atoms with Gasteiger partial charge in [0.25, 0.3) is 0 Å². The van der Waals surface area contributed by atoms with Gasteiger partial charge in [-0.25, -0.2) is 4.39 Å². The summed E-state index contributed by atoms with van der Waals surface area (Å²) in [5, 5.41) is 2.82. The van der Waals surface area contributed by atoms with Crippen LogP contribution in [0, 0.1) is 5.82 Å². The predicted molar refractivity (Wildman–Crippen MR) is 78.0 cm³/mol. The number of nitrogens with one attached hydrogen (secondary N) is 1. The van der Waals surface area contributed by atoms with E-state index < -0.39 is 5.41 Å². The first-order valence-corrected chi connectivity index (χ1v) is 6.23. The van der Waals surface area contributed by atoms with Gasteiger partial charge < -0.3 is 11.1 Å². The molecule has 0 bridgehead atoms. The van der Waals surface area contributed by atoms with Gasteiger partial charge in [0.15, 0.2) is 0 Å². The zero-order chi connectivity index (χ0) is 13.6. The highest BCUT2D eigenvalue weighted by atomic mass is 35.5. The molecule has 0 aliphatic carbocycles. The standard InChI is InChI=1S/C14H21FN2O.ClH/c1-14(2,11-7-3-4-8-12(11)15)13(18)17-10-6-5-9-16;/h3-4,7-8H,5-6,9-10,16H2,1-2H3,(H,17,18);1H. The van der Waals surface area contributed by atoms with Crippen LogP contribution in [0.15, 0.2) is 24.3 Å². The number of amides is 1. The number of halogens is 2. The number of carbonyl (C=O) groups excluding carboxylic acids is 1. The summed E-state index contributed by atoms with van der Waals surface area (Å²) in [6.07, 6.45) is 1.72. The summed E-state index contributed by atoms with van der Waals surface area (Å²) in [4.78, 5) is 12.1. The molecular formula is C14H22ClFN2O. The van der Waals surface area contributed by atoms with Gasteiger partial charge >= 0.3 is 0 Å². The SMILES string of the molecule is CC(C)(C(=O)NCCCCN)c1ccccc1F.Cl. The van der Waals surface area contributed by atoms with Crippen molar-refractivity contribution in [3.8, 4) is 0 Å². The van der Waals surface area contributed by atoms with Crippen LogP contribution in [0.1, 0.15) is 32.3 Å². The van der Waals surface area contributed by atoms with Crippen molar-refractivity contribution >= 4 is 18.3 Å². The Morgan fingerprint density at radius 3 is 2.53 bits per heavy atom. The van der Waals surface area contributed by atoms with Gasteiger partial charge in [0.05, 0.1) is 5.41 Å². The molecule has 19 heavy (non-hydrogen) atoms. The van der Waals surface area contributed by atoms with Crippen LogP contribution in [0.3, 0.4) is 0 Å². The summed E-state index contributed by atoms with van der Waals surface area (Å²) in [7, 11) is 0. The van der Waals surface area contributed by atoms with Crippen molar-refractivity contribution in [3.05, 3.63) is 35.6 Å². The van der Waals surface area contributed by atoms with E-state index in [1.807, 2.05) is 0 Å². The molecule has 0 radical (unpaired) electrons. The second-order valence-electron chi connectivity index (χ2n) is 4.86. The van der Waals surface area contributed by atoms with Crippen molar-refractivity contribution in [2.45, 2.75) is 32.1 Å². The Morgan fingerprint density at radius 1 is 1.32 bits per heavy atom. The summed E-state index contributed by atoms with van der Waals surface area (Å²) in [5.74, 6) is -0.510. The van der Waals surface area contributed by atoms with E-state index in [0.717, 1.165) is 12.8 Å². The van der Waals surface area contributed by atoms with E-state index >= 15 is 0 Å². The largest absolute Gasteiger partial charge is 0.355 e. The van der Waals surface area contributed by atoms with Gasteiger partial charge in [-0.15, -0.1) is 12.4 Å². The predicted octanol–water partition coefficient (Wildman–Crippen LogP) is 2.38. The molecule has 0 aromatic heterocycles. The Kier molecular flexibility index (Phi) is 7.64. The molecule has 1 aromatic carbocycles. The molecule has 0 saturated carbocycles. The third kappa shape index (κ3) is 4.80. The highest BCUT2D eigenvalue weighted by molar-refractivity contribution is 5.87. The normalized spacial score (nSPS) is 10.7. The van der Waals surface area contributed by atoms with Crippen molar-refractivity contribution in [2.24, 2.45) is 5.73 Å². The minimum atomic E-state index is -0.867. The Labute approximate surface area is 120 Å². The molecule has 0 atom stereocenters. The number of rotatable bonds is 6. The van der Waals surface area contributed by atoms with Gasteiger partial charge in [-0.1, -0.05) is 18.2 Å². The fraction of sp³-hybridized carbons (Fsp3) is 0.500. The first kappa shape index (κ1) is 17.9. The van der Waals surface area contributed by atoms with E-state index in [1.165, 1.54) is 6.07 Å². The van der Waals surface area contributed by atoms with Crippen LogP contribution in [-0.2, 0) is 10.2 Å². The summed E-state index contributed by atoms with van der Waals surface area (Å²) in [6.45, 7) is 4.65. The molecule has 0 aliphatic heterocycles. The topological polar surface area (TPSA) is 55.1 Å². The summed E-state index contributed by atoms with van der Waals surface area (Å²) >= 11 is 0. The van der Waals surface area contributed by atoms with Crippen LogP contribution < -0.4 is 11.1 Å². The second-order valence-corrected chi connectivity index (χ2v) is 4.86. The maximum atomic E-state index is 13.7. The molecule has 0 aliphatic rings. The molecule has 0 fully saturated rings. The monoisotopic (exact) mass is 288 g/mol. The maximum absolute atomic E-state index is 13.7. The van der Waals surface area contributed by atoms with Crippen LogP contribution in [0.5, 0.6) is 0 Å². The highest BCUT2D eigenvalue weighted by Crippen LogP contribution is 2.25. The van der Waals surface area contributed by atoms with Gasteiger partial charge in [-0.05, 0) is 39.3 Å². The van der Waals surface area contributed by atoms with Crippen molar-refractivity contribution in [1.82, 2.24) is 5.32 Å². The molecule has 1 rings (SSSR count). The van der Waals surface area contributed by atoms with E-state index in [1.54, 1.807) is 32.0 Å². The van der Waals surface area contributed by atoms with Crippen molar-refractivity contribution in [3.63, 3.8) is 0 Å². The molecule has 108 valence electrons. The highest BCUT2D eigenvalue weighted by Gasteiger charge is 2.31.